The number of thiazole rings is 1. The van der Waals surface area contributed by atoms with E-state index in [1.54, 1.807) is 37.4 Å². The third-order valence-electron chi connectivity index (χ3n) is 4.01. The summed E-state index contributed by atoms with van der Waals surface area (Å²) in [5, 5.41) is 8.11. The molecule has 1 aromatic heterocycles. The van der Waals surface area contributed by atoms with Gasteiger partial charge in [0, 0.05) is 21.8 Å². The number of anilines is 2. The Bertz CT molecular complexity index is 1040. The topological polar surface area (TPSA) is 80.3 Å². The van der Waals surface area contributed by atoms with E-state index in [2.05, 4.69) is 15.6 Å². The van der Waals surface area contributed by atoms with Crippen molar-refractivity contribution in [2.75, 3.05) is 23.5 Å². The minimum atomic E-state index is -0.151. The number of thioether (sulfide) groups is 1. The molecule has 0 fully saturated rings. The number of nitrogens with one attached hydrogen (secondary N) is 2. The second-order valence-electron chi connectivity index (χ2n) is 6.36. The zero-order valence-corrected chi connectivity index (χ0v) is 18.8. The van der Waals surface area contributed by atoms with Gasteiger partial charge in [-0.1, -0.05) is 23.4 Å². The molecule has 1 heterocycles. The van der Waals surface area contributed by atoms with Crippen molar-refractivity contribution < 1.29 is 14.3 Å². The standard InChI is InChI=1S/C21H20ClN3O3S2/c1-13-9-16(7-8-18(13)28-2)24-19(26)10-17-11-29-21(25-17)30-12-20(27)23-15-5-3-14(22)4-6-15/h3-9,11H,10,12H2,1-2H3,(H,23,27)(H,24,26). The number of hydrogen-bond donors (Lipinski definition) is 2. The van der Waals surface area contributed by atoms with Crippen LogP contribution in [0.15, 0.2) is 52.2 Å². The summed E-state index contributed by atoms with van der Waals surface area (Å²) in [6.07, 6.45) is 0.166. The van der Waals surface area contributed by atoms with Crippen molar-refractivity contribution in [3.63, 3.8) is 0 Å². The van der Waals surface area contributed by atoms with Crippen molar-refractivity contribution in [2.45, 2.75) is 17.7 Å². The van der Waals surface area contributed by atoms with Crippen LogP contribution in [0.3, 0.4) is 0 Å². The minimum absolute atomic E-state index is 0.133. The lowest BCUT2D eigenvalue weighted by atomic mass is 10.2. The predicted octanol–water partition coefficient (Wildman–Crippen LogP) is 5.03. The lowest BCUT2D eigenvalue weighted by Gasteiger charge is -2.08. The van der Waals surface area contributed by atoms with Crippen LogP contribution in [0.1, 0.15) is 11.3 Å². The highest BCUT2D eigenvalue weighted by Crippen LogP contribution is 2.24. The molecule has 156 valence electrons. The molecule has 30 heavy (non-hydrogen) atoms. The molecular formula is C21H20ClN3O3S2. The first kappa shape index (κ1) is 22.1. The van der Waals surface area contributed by atoms with Crippen LogP contribution in [-0.2, 0) is 16.0 Å². The van der Waals surface area contributed by atoms with Gasteiger partial charge in [-0.25, -0.2) is 4.98 Å². The number of aryl methyl sites for hydroxylation is 1. The summed E-state index contributed by atoms with van der Waals surface area (Å²) in [5.74, 6) is 0.718. The third-order valence-corrected chi connectivity index (χ3v) is 6.33. The molecule has 0 radical (unpaired) electrons. The Morgan fingerprint density at radius 1 is 1.10 bits per heavy atom. The molecule has 0 spiro atoms. The van der Waals surface area contributed by atoms with Crippen LogP contribution >= 0.6 is 34.7 Å². The summed E-state index contributed by atoms with van der Waals surface area (Å²) in [6.45, 7) is 1.92. The van der Waals surface area contributed by atoms with Gasteiger partial charge in [0.15, 0.2) is 4.34 Å². The van der Waals surface area contributed by atoms with Crippen LogP contribution in [0, 0.1) is 6.92 Å². The van der Waals surface area contributed by atoms with Crippen LogP contribution in [-0.4, -0.2) is 29.7 Å². The van der Waals surface area contributed by atoms with Crippen LogP contribution in [0.2, 0.25) is 5.02 Å². The Hall–Kier alpha value is -2.55. The zero-order valence-electron chi connectivity index (χ0n) is 16.4. The fraction of sp³-hybridized carbons (Fsp3) is 0.190. The van der Waals surface area contributed by atoms with Gasteiger partial charge in [-0.15, -0.1) is 11.3 Å². The van der Waals surface area contributed by atoms with E-state index in [0.717, 1.165) is 15.7 Å². The summed E-state index contributed by atoms with van der Waals surface area (Å²) >= 11 is 8.58. The lowest BCUT2D eigenvalue weighted by Crippen LogP contribution is -2.15. The van der Waals surface area contributed by atoms with Gasteiger partial charge in [0.1, 0.15) is 5.75 Å². The molecule has 0 atom stereocenters. The smallest absolute Gasteiger partial charge is 0.234 e. The highest BCUT2D eigenvalue weighted by molar-refractivity contribution is 8.01. The van der Waals surface area contributed by atoms with Crippen molar-refractivity contribution in [1.82, 2.24) is 4.98 Å². The first-order valence-electron chi connectivity index (χ1n) is 9.00. The molecule has 0 aliphatic heterocycles. The molecule has 3 rings (SSSR count). The van der Waals surface area contributed by atoms with Gasteiger partial charge < -0.3 is 15.4 Å². The number of hydrogen-bond acceptors (Lipinski definition) is 6. The van der Waals surface area contributed by atoms with Crippen LogP contribution in [0.5, 0.6) is 5.75 Å². The Kier molecular flexibility index (Phi) is 7.73. The number of benzene rings is 2. The SMILES string of the molecule is COc1ccc(NC(=O)Cc2csc(SCC(=O)Nc3ccc(Cl)cc3)n2)cc1C. The van der Waals surface area contributed by atoms with Gasteiger partial charge in [-0.05, 0) is 55.0 Å². The lowest BCUT2D eigenvalue weighted by molar-refractivity contribution is -0.116. The van der Waals surface area contributed by atoms with Crippen LogP contribution in [0.4, 0.5) is 11.4 Å². The van der Waals surface area contributed by atoms with Crippen molar-refractivity contribution in [3.05, 3.63) is 64.1 Å². The number of methoxy groups -OCH3 is 1. The largest absolute Gasteiger partial charge is 0.496 e. The summed E-state index contributed by atoms with van der Waals surface area (Å²) < 4.78 is 5.96. The second-order valence-corrected chi connectivity index (χ2v) is 8.87. The number of amides is 2. The van der Waals surface area contributed by atoms with Crippen molar-refractivity contribution >= 4 is 57.9 Å². The van der Waals surface area contributed by atoms with E-state index in [0.29, 0.717) is 22.1 Å². The zero-order chi connectivity index (χ0) is 21.5. The maximum Gasteiger partial charge on any atom is 0.234 e. The molecule has 2 amide bonds. The van der Waals surface area contributed by atoms with E-state index in [-0.39, 0.29) is 24.0 Å². The summed E-state index contributed by atoms with van der Waals surface area (Å²) in [6, 6.07) is 12.4. The van der Waals surface area contributed by atoms with Crippen LogP contribution < -0.4 is 15.4 Å². The van der Waals surface area contributed by atoms with Crippen molar-refractivity contribution in [2.24, 2.45) is 0 Å². The van der Waals surface area contributed by atoms with E-state index in [4.69, 9.17) is 16.3 Å². The van der Waals surface area contributed by atoms with E-state index in [9.17, 15) is 9.59 Å². The van der Waals surface area contributed by atoms with Crippen molar-refractivity contribution in [3.8, 4) is 5.75 Å². The van der Waals surface area contributed by atoms with E-state index >= 15 is 0 Å². The Balaban J connectivity index is 1.47. The van der Waals surface area contributed by atoms with Gasteiger partial charge in [-0.2, -0.15) is 0 Å². The quantitative estimate of drug-likeness (QED) is 0.460. The molecule has 0 aliphatic rings. The molecule has 0 unspecified atom stereocenters. The minimum Gasteiger partial charge on any atom is -0.496 e. The molecule has 0 saturated carbocycles. The van der Waals surface area contributed by atoms with Gasteiger partial charge in [0.2, 0.25) is 11.8 Å². The molecule has 2 aromatic carbocycles. The Morgan fingerprint density at radius 2 is 1.80 bits per heavy atom. The van der Waals surface area contributed by atoms with Gasteiger partial charge in [-0.3, -0.25) is 9.59 Å². The average molecular weight is 462 g/mol. The number of halogens is 1. The van der Waals surface area contributed by atoms with E-state index in [1.807, 2.05) is 24.4 Å². The third kappa shape index (κ3) is 6.48. The fourth-order valence-electron chi connectivity index (χ4n) is 2.62. The van der Waals surface area contributed by atoms with Gasteiger partial charge >= 0.3 is 0 Å². The molecule has 6 nitrogen and oxygen atoms in total. The molecule has 9 heteroatoms. The highest BCUT2D eigenvalue weighted by atomic mass is 35.5. The molecule has 0 aliphatic carbocycles. The van der Waals surface area contributed by atoms with E-state index in [1.165, 1.54) is 23.1 Å². The average Bonchev–Trinajstić information content (AvgIpc) is 3.15. The van der Waals surface area contributed by atoms with Crippen LogP contribution in [0.25, 0.3) is 0 Å². The van der Waals surface area contributed by atoms with Crippen molar-refractivity contribution in [1.29, 1.82) is 0 Å². The number of ether oxygens (including phenoxy) is 1. The molecule has 0 bridgehead atoms. The maximum absolute atomic E-state index is 12.3. The molecule has 0 saturated heterocycles. The normalized spacial score (nSPS) is 10.5. The molecule has 2 N–H and O–H groups in total. The molecule has 3 aromatic rings. The predicted molar refractivity (Wildman–Crippen MR) is 123 cm³/mol. The Morgan fingerprint density at radius 3 is 2.50 bits per heavy atom. The summed E-state index contributed by atoms with van der Waals surface area (Å²) in [4.78, 5) is 28.8. The summed E-state index contributed by atoms with van der Waals surface area (Å²) in [5.41, 5.74) is 3.01. The number of rotatable bonds is 8. The number of carbonyl (C=O) groups is 2. The number of nitrogens with zero attached hydrogens (tertiary/aromatic N) is 1. The van der Waals surface area contributed by atoms with E-state index < -0.39 is 0 Å². The number of carbonyl (C=O) groups excluding carboxylic acids is 2. The monoisotopic (exact) mass is 461 g/mol. The fourth-order valence-corrected chi connectivity index (χ4v) is 4.39. The number of aromatic nitrogens is 1. The van der Waals surface area contributed by atoms with Gasteiger partial charge in [0.05, 0.1) is 25.0 Å². The first-order chi connectivity index (χ1) is 14.4. The maximum atomic E-state index is 12.3. The Labute approximate surface area is 188 Å². The first-order valence-corrected chi connectivity index (χ1v) is 11.2. The summed E-state index contributed by atoms with van der Waals surface area (Å²) in [7, 11) is 1.61. The molecular weight excluding hydrogens is 442 g/mol. The highest BCUT2D eigenvalue weighted by Gasteiger charge is 2.11. The van der Waals surface area contributed by atoms with Gasteiger partial charge in [0.25, 0.3) is 0 Å². The second kappa shape index (κ2) is 10.5.